The normalized spacial score (nSPS) is 30.1. The van der Waals surface area contributed by atoms with Gasteiger partial charge in [0.1, 0.15) is 0 Å². The van der Waals surface area contributed by atoms with Crippen molar-refractivity contribution in [3.8, 4) is 0 Å². The molecule has 14 heavy (non-hydrogen) atoms. The number of hydrogen-bond acceptors (Lipinski definition) is 2. The first-order valence-corrected chi connectivity index (χ1v) is 5.76. The van der Waals surface area contributed by atoms with Gasteiger partial charge in [-0.15, -0.1) is 0 Å². The molecule has 0 radical (unpaired) electrons. The quantitative estimate of drug-likeness (QED) is 0.719. The fourth-order valence-electron chi connectivity index (χ4n) is 2.27. The molecule has 0 bridgehead atoms. The Kier molecular flexibility index (Phi) is 2.77. The maximum atomic E-state index is 12.0. The summed E-state index contributed by atoms with van der Waals surface area (Å²) in [7, 11) is 0. The van der Waals surface area contributed by atoms with E-state index in [1.807, 2.05) is 4.90 Å². The van der Waals surface area contributed by atoms with Crippen molar-refractivity contribution in [1.82, 2.24) is 4.90 Å². The monoisotopic (exact) mass is 196 g/mol. The molecule has 3 nitrogen and oxygen atoms in total. The van der Waals surface area contributed by atoms with Gasteiger partial charge in [0, 0.05) is 12.6 Å². The van der Waals surface area contributed by atoms with Crippen LogP contribution in [0.3, 0.4) is 0 Å². The third-order valence-electron chi connectivity index (χ3n) is 3.50. The van der Waals surface area contributed by atoms with Gasteiger partial charge < -0.3 is 10.6 Å². The van der Waals surface area contributed by atoms with E-state index < -0.39 is 0 Å². The fourth-order valence-corrected chi connectivity index (χ4v) is 2.27. The van der Waals surface area contributed by atoms with Crippen LogP contribution in [-0.2, 0) is 4.79 Å². The average Bonchev–Trinajstić information content (AvgIpc) is 3.00. The second-order valence-electron chi connectivity index (χ2n) is 4.74. The molecule has 2 aliphatic rings. The van der Waals surface area contributed by atoms with E-state index >= 15 is 0 Å². The molecule has 80 valence electrons. The molecule has 1 aliphatic heterocycles. The summed E-state index contributed by atoms with van der Waals surface area (Å²) in [5.41, 5.74) is 5.92. The van der Waals surface area contributed by atoms with E-state index in [0.29, 0.717) is 12.0 Å². The van der Waals surface area contributed by atoms with E-state index in [0.717, 1.165) is 32.2 Å². The van der Waals surface area contributed by atoms with Crippen LogP contribution >= 0.6 is 0 Å². The molecule has 2 N–H and O–H groups in total. The molecule has 1 heterocycles. The highest BCUT2D eigenvalue weighted by Gasteiger charge is 2.37. The minimum absolute atomic E-state index is 0.194. The number of nitrogens with two attached hydrogens (primary N) is 1. The lowest BCUT2D eigenvalue weighted by atomic mass is 10.0. The van der Waals surface area contributed by atoms with Crippen LogP contribution in [0.25, 0.3) is 0 Å². The van der Waals surface area contributed by atoms with Crippen LogP contribution in [0.2, 0.25) is 0 Å². The van der Waals surface area contributed by atoms with Crippen molar-refractivity contribution in [2.75, 3.05) is 6.54 Å². The van der Waals surface area contributed by atoms with Crippen molar-refractivity contribution < 1.29 is 4.79 Å². The third-order valence-corrected chi connectivity index (χ3v) is 3.50. The van der Waals surface area contributed by atoms with Crippen molar-refractivity contribution in [3.05, 3.63) is 0 Å². The van der Waals surface area contributed by atoms with Gasteiger partial charge in [0.25, 0.3) is 0 Å². The Morgan fingerprint density at radius 2 is 2.07 bits per heavy atom. The van der Waals surface area contributed by atoms with Crippen LogP contribution in [-0.4, -0.2) is 29.4 Å². The van der Waals surface area contributed by atoms with E-state index in [1.165, 1.54) is 6.42 Å². The molecule has 3 heteroatoms. The number of nitrogens with zero attached hydrogens (tertiary/aromatic N) is 1. The van der Waals surface area contributed by atoms with Crippen molar-refractivity contribution in [2.24, 2.45) is 11.7 Å². The summed E-state index contributed by atoms with van der Waals surface area (Å²) in [6.07, 6.45) is 5.84. The van der Waals surface area contributed by atoms with E-state index in [1.54, 1.807) is 0 Å². The summed E-state index contributed by atoms with van der Waals surface area (Å²) >= 11 is 0. The Bertz CT molecular complexity index is 225. The Balaban J connectivity index is 1.94. The SMILES string of the molecule is CC1CCCCN1C(=O)C(N)C1CC1. The Hall–Kier alpha value is -0.570. The largest absolute Gasteiger partial charge is 0.339 e. The first kappa shape index (κ1) is 9.97. The van der Waals surface area contributed by atoms with Gasteiger partial charge >= 0.3 is 0 Å². The van der Waals surface area contributed by atoms with Crippen LogP contribution in [0.15, 0.2) is 0 Å². The Morgan fingerprint density at radius 3 is 2.64 bits per heavy atom. The van der Waals surface area contributed by atoms with E-state index in [-0.39, 0.29) is 11.9 Å². The van der Waals surface area contributed by atoms with Crippen LogP contribution < -0.4 is 5.73 Å². The van der Waals surface area contributed by atoms with E-state index in [2.05, 4.69) is 6.92 Å². The molecule has 0 aromatic carbocycles. The molecule has 1 saturated carbocycles. The summed E-state index contributed by atoms with van der Waals surface area (Å²) in [6.45, 7) is 3.05. The molecule has 1 aliphatic carbocycles. The molecule has 1 amide bonds. The van der Waals surface area contributed by atoms with Crippen LogP contribution in [0.4, 0.5) is 0 Å². The lowest BCUT2D eigenvalue weighted by Gasteiger charge is -2.35. The minimum Gasteiger partial charge on any atom is -0.339 e. The van der Waals surface area contributed by atoms with Gasteiger partial charge in [-0.1, -0.05) is 0 Å². The summed E-state index contributed by atoms with van der Waals surface area (Å²) in [6, 6.07) is 0.191. The number of likely N-dealkylation sites (tertiary alicyclic amines) is 1. The molecule has 0 aromatic heterocycles. The highest BCUT2D eigenvalue weighted by atomic mass is 16.2. The average molecular weight is 196 g/mol. The summed E-state index contributed by atoms with van der Waals surface area (Å²) in [5.74, 6) is 0.677. The number of rotatable bonds is 2. The number of hydrogen-bond donors (Lipinski definition) is 1. The maximum Gasteiger partial charge on any atom is 0.240 e. The number of carbonyl (C=O) groups is 1. The maximum absolute atomic E-state index is 12.0. The van der Waals surface area contributed by atoms with Crippen molar-refractivity contribution in [1.29, 1.82) is 0 Å². The standard InChI is InChI=1S/C11H20N2O/c1-8-4-2-3-7-13(8)11(14)10(12)9-5-6-9/h8-10H,2-7,12H2,1H3. The molecule has 0 spiro atoms. The molecular weight excluding hydrogens is 176 g/mol. The number of piperidine rings is 1. The molecule has 0 aromatic rings. The van der Waals surface area contributed by atoms with Crippen molar-refractivity contribution in [3.63, 3.8) is 0 Å². The fraction of sp³-hybridized carbons (Fsp3) is 0.909. The molecule has 2 rings (SSSR count). The second kappa shape index (κ2) is 3.89. The third kappa shape index (κ3) is 1.92. The van der Waals surface area contributed by atoms with Crippen LogP contribution in [0.1, 0.15) is 39.0 Å². The molecule has 2 fully saturated rings. The summed E-state index contributed by atoms with van der Waals surface area (Å²) in [4.78, 5) is 14.0. The molecular formula is C11H20N2O. The number of carbonyl (C=O) groups excluding carboxylic acids is 1. The van der Waals surface area contributed by atoms with Gasteiger partial charge in [0.15, 0.2) is 0 Å². The van der Waals surface area contributed by atoms with Gasteiger partial charge in [-0.3, -0.25) is 4.79 Å². The predicted molar refractivity (Wildman–Crippen MR) is 55.7 cm³/mol. The topological polar surface area (TPSA) is 46.3 Å². The van der Waals surface area contributed by atoms with Gasteiger partial charge in [0.2, 0.25) is 5.91 Å². The highest BCUT2D eigenvalue weighted by Crippen LogP contribution is 2.33. The zero-order valence-corrected chi connectivity index (χ0v) is 8.91. The second-order valence-corrected chi connectivity index (χ2v) is 4.74. The van der Waals surface area contributed by atoms with Gasteiger partial charge in [-0.2, -0.15) is 0 Å². The lowest BCUT2D eigenvalue weighted by Crippen LogP contribution is -2.50. The van der Waals surface area contributed by atoms with E-state index in [4.69, 9.17) is 5.73 Å². The Morgan fingerprint density at radius 1 is 1.36 bits per heavy atom. The number of amides is 1. The van der Waals surface area contributed by atoms with Crippen LogP contribution in [0.5, 0.6) is 0 Å². The van der Waals surface area contributed by atoms with Crippen molar-refractivity contribution >= 4 is 5.91 Å². The zero-order valence-electron chi connectivity index (χ0n) is 8.91. The lowest BCUT2D eigenvalue weighted by molar-refractivity contribution is -0.136. The van der Waals surface area contributed by atoms with E-state index in [9.17, 15) is 4.79 Å². The minimum atomic E-state index is -0.212. The molecule has 2 unspecified atom stereocenters. The summed E-state index contributed by atoms with van der Waals surface area (Å²) < 4.78 is 0. The van der Waals surface area contributed by atoms with Gasteiger partial charge in [-0.05, 0) is 44.9 Å². The smallest absolute Gasteiger partial charge is 0.240 e. The summed E-state index contributed by atoms with van der Waals surface area (Å²) in [5, 5.41) is 0. The first-order valence-electron chi connectivity index (χ1n) is 5.76. The first-order chi connectivity index (χ1) is 6.70. The highest BCUT2D eigenvalue weighted by molar-refractivity contribution is 5.82. The zero-order chi connectivity index (χ0) is 10.1. The predicted octanol–water partition coefficient (Wildman–Crippen LogP) is 1.12. The molecule has 1 saturated heterocycles. The van der Waals surface area contributed by atoms with Gasteiger partial charge in [0.05, 0.1) is 6.04 Å². The Labute approximate surface area is 85.6 Å². The van der Waals surface area contributed by atoms with Crippen molar-refractivity contribution in [2.45, 2.75) is 51.1 Å². The molecule has 2 atom stereocenters. The van der Waals surface area contributed by atoms with Gasteiger partial charge in [-0.25, -0.2) is 0 Å². The van der Waals surface area contributed by atoms with Crippen LogP contribution in [0, 0.1) is 5.92 Å².